The van der Waals surface area contributed by atoms with Gasteiger partial charge in [0, 0.05) is 21.2 Å². The minimum atomic E-state index is 0.665. The summed E-state index contributed by atoms with van der Waals surface area (Å²) in [5.74, 6) is 0.902. The lowest BCUT2D eigenvalue weighted by molar-refractivity contribution is 0.295. The average molecular weight is 312 g/mol. The summed E-state index contributed by atoms with van der Waals surface area (Å²) in [5, 5.41) is 5.27. The normalized spacial score (nSPS) is 26.6. The number of rotatable bonds is 6. The van der Waals surface area contributed by atoms with E-state index in [1.54, 1.807) is 0 Å². The van der Waals surface area contributed by atoms with Crippen LogP contribution in [-0.4, -0.2) is 17.8 Å². The van der Waals surface area contributed by atoms with Gasteiger partial charge in [-0.25, -0.2) is 0 Å². The van der Waals surface area contributed by atoms with Crippen LogP contribution in [0.4, 0.5) is 0 Å². The minimum absolute atomic E-state index is 0.665. The van der Waals surface area contributed by atoms with Crippen LogP contribution in [-0.2, 0) is 0 Å². The molecule has 2 rings (SSSR count). The van der Waals surface area contributed by atoms with Gasteiger partial charge >= 0.3 is 0 Å². The highest BCUT2D eigenvalue weighted by Crippen LogP contribution is 2.37. The van der Waals surface area contributed by atoms with Gasteiger partial charge in [-0.05, 0) is 62.4 Å². The fraction of sp³-hybridized carbons (Fsp3) is 0.647. The summed E-state index contributed by atoms with van der Waals surface area (Å²) in [6.07, 6.45) is 6.58. The highest BCUT2D eigenvalue weighted by atomic mass is 35.5. The molecule has 1 saturated carbocycles. The van der Waals surface area contributed by atoms with Crippen molar-refractivity contribution >= 4 is 23.4 Å². The summed E-state index contributed by atoms with van der Waals surface area (Å²) in [6.45, 7) is 5.71. The van der Waals surface area contributed by atoms with Crippen molar-refractivity contribution in [2.24, 2.45) is 5.92 Å². The van der Waals surface area contributed by atoms with E-state index in [9.17, 15) is 0 Å². The van der Waals surface area contributed by atoms with Crippen molar-refractivity contribution < 1.29 is 0 Å². The van der Waals surface area contributed by atoms with Gasteiger partial charge in [0.2, 0.25) is 0 Å². The molecule has 1 aliphatic rings. The van der Waals surface area contributed by atoms with Crippen molar-refractivity contribution in [2.45, 2.75) is 62.1 Å². The summed E-state index contributed by atoms with van der Waals surface area (Å²) in [6, 6.07) is 8.97. The molecule has 3 atom stereocenters. The fourth-order valence-electron chi connectivity index (χ4n) is 2.96. The summed E-state index contributed by atoms with van der Waals surface area (Å²) in [7, 11) is 0. The van der Waals surface area contributed by atoms with Crippen molar-refractivity contribution in [1.82, 2.24) is 5.32 Å². The predicted octanol–water partition coefficient (Wildman–Crippen LogP) is 5.38. The topological polar surface area (TPSA) is 12.0 Å². The van der Waals surface area contributed by atoms with Crippen LogP contribution in [0.3, 0.4) is 0 Å². The molecule has 20 heavy (non-hydrogen) atoms. The first-order valence-corrected chi connectivity index (χ1v) is 9.14. The van der Waals surface area contributed by atoms with Crippen LogP contribution in [0, 0.1) is 5.92 Å². The van der Waals surface area contributed by atoms with Gasteiger partial charge in [-0.15, -0.1) is 11.8 Å². The van der Waals surface area contributed by atoms with Crippen LogP contribution in [0.25, 0.3) is 0 Å². The molecule has 0 spiro atoms. The molecule has 0 amide bonds. The zero-order valence-electron chi connectivity index (χ0n) is 12.6. The monoisotopic (exact) mass is 311 g/mol. The SMILES string of the molecule is CCCNC1CCC(CC)CC1Sc1ccc(Cl)cc1. The standard InChI is InChI=1S/C17H26ClNS/c1-3-11-19-16-10-5-13(4-2)12-17(16)20-15-8-6-14(18)7-9-15/h6-9,13,16-17,19H,3-5,10-12H2,1-2H3. The van der Waals surface area contributed by atoms with Gasteiger partial charge in [0.1, 0.15) is 0 Å². The molecule has 0 aromatic heterocycles. The van der Waals surface area contributed by atoms with E-state index in [-0.39, 0.29) is 0 Å². The van der Waals surface area contributed by atoms with Crippen molar-refractivity contribution in [2.75, 3.05) is 6.54 Å². The predicted molar refractivity (Wildman–Crippen MR) is 90.8 cm³/mol. The van der Waals surface area contributed by atoms with E-state index in [1.807, 2.05) is 23.9 Å². The van der Waals surface area contributed by atoms with Crippen molar-refractivity contribution in [3.8, 4) is 0 Å². The second-order valence-corrected chi connectivity index (χ2v) is 7.51. The van der Waals surface area contributed by atoms with Crippen LogP contribution in [0.2, 0.25) is 5.02 Å². The Morgan fingerprint density at radius 2 is 1.95 bits per heavy atom. The molecule has 1 nitrogen and oxygen atoms in total. The summed E-state index contributed by atoms with van der Waals surface area (Å²) >= 11 is 8.01. The van der Waals surface area contributed by atoms with Gasteiger partial charge in [-0.2, -0.15) is 0 Å². The van der Waals surface area contributed by atoms with Crippen molar-refractivity contribution in [3.05, 3.63) is 29.3 Å². The summed E-state index contributed by atoms with van der Waals surface area (Å²) < 4.78 is 0. The van der Waals surface area contributed by atoms with Crippen molar-refractivity contribution in [1.29, 1.82) is 0 Å². The Hall–Kier alpha value is -0.180. The Balaban J connectivity index is 2.00. The fourth-order valence-corrected chi connectivity index (χ4v) is 4.50. The van der Waals surface area contributed by atoms with E-state index in [0.717, 1.165) is 17.5 Å². The summed E-state index contributed by atoms with van der Waals surface area (Å²) in [4.78, 5) is 1.35. The van der Waals surface area contributed by atoms with Gasteiger partial charge in [0.05, 0.1) is 0 Å². The molecular formula is C17H26ClNS. The van der Waals surface area contributed by atoms with Crippen LogP contribution < -0.4 is 5.32 Å². The molecule has 1 fully saturated rings. The number of hydrogen-bond acceptors (Lipinski definition) is 2. The maximum Gasteiger partial charge on any atom is 0.0406 e. The Labute approximate surface area is 132 Å². The third-order valence-corrected chi connectivity index (χ3v) is 5.86. The summed E-state index contributed by atoms with van der Waals surface area (Å²) in [5.41, 5.74) is 0. The van der Waals surface area contributed by atoms with E-state index in [1.165, 1.54) is 37.0 Å². The van der Waals surface area contributed by atoms with Gasteiger partial charge in [-0.3, -0.25) is 0 Å². The van der Waals surface area contributed by atoms with Gasteiger partial charge < -0.3 is 5.32 Å². The molecular weight excluding hydrogens is 286 g/mol. The van der Waals surface area contributed by atoms with E-state index in [2.05, 4.69) is 31.3 Å². The highest BCUT2D eigenvalue weighted by molar-refractivity contribution is 8.00. The molecule has 0 heterocycles. The van der Waals surface area contributed by atoms with Crippen molar-refractivity contribution in [3.63, 3.8) is 0 Å². The second-order valence-electron chi connectivity index (χ2n) is 5.76. The number of nitrogens with one attached hydrogen (secondary N) is 1. The second kappa shape index (κ2) is 8.31. The highest BCUT2D eigenvalue weighted by Gasteiger charge is 2.29. The van der Waals surface area contributed by atoms with E-state index in [0.29, 0.717) is 11.3 Å². The average Bonchev–Trinajstić information content (AvgIpc) is 2.48. The number of halogens is 1. The third kappa shape index (κ3) is 4.68. The smallest absolute Gasteiger partial charge is 0.0406 e. The van der Waals surface area contributed by atoms with E-state index in [4.69, 9.17) is 11.6 Å². The maximum atomic E-state index is 5.98. The number of hydrogen-bond donors (Lipinski definition) is 1. The Morgan fingerprint density at radius 3 is 2.60 bits per heavy atom. The minimum Gasteiger partial charge on any atom is -0.313 e. The van der Waals surface area contributed by atoms with Gasteiger partial charge in [-0.1, -0.05) is 31.9 Å². The third-order valence-electron chi connectivity index (χ3n) is 4.24. The number of benzene rings is 1. The quantitative estimate of drug-likeness (QED) is 0.757. The molecule has 1 aliphatic carbocycles. The Kier molecular flexibility index (Phi) is 6.73. The molecule has 0 saturated heterocycles. The van der Waals surface area contributed by atoms with Gasteiger partial charge in [0.15, 0.2) is 0 Å². The van der Waals surface area contributed by atoms with Gasteiger partial charge in [0.25, 0.3) is 0 Å². The number of thioether (sulfide) groups is 1. The maximum absolute atomic E-state index is 5.98. The molecule has 0 radical (unpaired) electrons. The first-order chi connectivity index (χ1) is 9.72. The first kappa shape index (κ1) is 16.2. The molecule has 1 aromatic carbocycles. The van der Waals surface area contributed by atoms with Crippen LogP contribution in [0.5, 0.6) is 0 Å². The zero-order valence-corrected chi connectivity index (χ0v) is 14.1. The lowest BCUT2D eigenvalue weighted by Crippen LogP contribution is -2.42. The van der Waals surface area contributed by atoms with Crippen LogP contribution in [0.15, 0.2) is 29.2 Å². The molecule has 0 aliphatic heterocycles. The Morgan fingerprint density at radius 1 is 1.20 bits per heavy atom. The van der Waals surface area contributed by atoms with Crippen LogP contribution in [0.1, 0.15) is 46.0 Å². The molecule has 0 bridgehead atoms. The molecule has 3 unspecified atom stereocenters. The molecule has 112 valence electrons. The Bertz CT molecular complexity index is 392. The zero-order chi connectivity index (χ0) is 14.4. The molecule has 1 aromatic rings. The molecule has 3 heteroatoms. The lowest BCUT2D eigenvalue weighted by Gasteiger charge is -2.36. The lowest BCUT2D eigenvalue weighted by atomic mass is 9.84. The first-order valence-electron chi connectivity index (χ1n) is 7.88. The molecule has 1 N–H and O–H groups in total. The van der Waals surface area contributed by atoms with E-state index >= 15 is 0 Å². The van der Waals surface area contributed by atoms with Crippen LogP contribution >= 0.6 is 23.4 Å². The van der Waals surface area contributed by atoms with E-state index < -0.39 is 0 Å². The largest absolute Gasteiger partial charge is 0.313 e.